The molecule has 0 saturated carbocycles. The summed E-state index contributed by atoms with van der Waals surface area (Å²) in [6.45, 7) is 5.02. The Balaban J connectivity index is 1.58. The highest BCUT2D eigenvalue weighted by molar-refractivity contribution is 7.17. The molecule has 1 aromatic carbocycles. The SMILES string of the molecule is CCN(C(=O)Cn1c(C(=O)NCc2ccncc2)cc2sccc21)c1cccc(C)c1. The van der Waals surface area contributed by atoms with Gasteiger partial charge in [-0.1, -0.05) is 12.1 Å². The molecule has 1 N–H and O–H groups in total. The van der Waals surface area contributed by atoms with Crippen molar-refractivity contribution < 1.29 is 9.59 Å². The molecule has 7 heteroatoms. The number of carbonyl (C=O) groups is 2. The first-order valence-corrected chi connectivity index (χ1v) is 11.1. The second-order valence-corrected chi connectivity index (χ2v) is 8.25. The van der Waals surface area contributed by atoms with Gasteiger partial charge in [0.1, 0.15) is 12.2 Å². The quantitative estimate of drug-likeness (QED) is 0.471. The van der Waals surface area contributed by atoms with Crippen LogP contribution in [0.25, 0.3) is 10.2 Å². The van der Waals surface area contributed by atoms with Gasteiger partial charge in [0.15, 0.2) is 0 Å². The van der Waals surface area contributed by atoms with Crippen molar-refractivity contribution in [2.45, 2.75) is 26.9 Å². The molecule has 4 aromatic rings. The normalized spacial score (nSPS) is 10.9. The average molecular weight is 433 g/mol. The van der Waals surface area contributed by atoms with E-state index in [0.717, 1.165) is 27.0 Å². The summed E-state index contributed by atoms with van der Waals surface area (Å²) in [7, 11) is 0. The number of likely N-dealkylation sites (N-methyl/N-ethyl adjacent to an activating group) is 1. The lowest BCUT2D eigenvalue weighted by Crippen LogP contribution is -2.35. The van der Waals surface area contributed by atoms with Crippen LogP contribution in [0.5, 0.6) is 0 Å². The lowest BCUT2D eigenvalue weighted by Gasteiger charge is -2.22. The van der Waals surface area contributed by atoms with Gasteiger partial charge in [0, 0.05) is 31.2 Å². The third-order valence-electron chi connectivity index (χ3n) is 5.18. The molecule has 6 nitrogen and oxygen atoms in total. The number of carbonyl (C=O) groups excluding carboxylic acids is 2. The van der Waals surface area contributed by atoms with Gasteiger partial charge in [0.2, 0.25) is 5.91 Å². The number of aromatic nitrogens is 2. The smallest absolute Gasteiger partial charge is 0.268 e. The van der Waals surface area contributed by atoms with E-state index in [1.807, 2.05) is 72.3 Å². The van der Waals surface area contributed by atoms with Gasteiger partial charge in [-0.25, -0.2) is 0 Å². The van der Waals surface area contributed by atoms with E-state index in [-0.39, 0.29) is 18.4 Å². The van der Waals surface area contributed by atoms with E-state index in [9.17, 15) is 9.59 Å². The first kappa shape index (κ1) is 20.8. The van der Waals surface area contributed by atoms with Crippen molar-refractivity contribution in [1.29, 1.82) is 0 Å². The average Bonchev–Trinajstić information content (AvgIpc) is 3.36. The number of hydrogen-bond acceptors (Lipinski definition) is 4. The molecule has 0 saturated heterocycles. The number of pyridine rings is 1. The molecule has 0 fully saturated rings. The molecule has 2 amide bonds. The second-order valence-electron chi connectivity index (χ2n) is 7.30. The summed E-state index contributed by atoms with van der Waals surface area (Å²) in [6.07, 6.45) is 3.40. The zero-order valence-electron chi connectivity index (χ0n) is 17.5. The lowest BCUT2D eigenvalue weighted by atomic mass is 10.2. The Morgan fingerprint density at radius 3 is 2.68 bits per heavy atom. The summed E-state index contributed by atoms with van der Waals surface area (Å²) in [5.74, 6) is -0.258. The van der Waals surface area contributed by atoms with Crippen molar-refractivity contribution in [3.8, 4) is 0 Å². The fourth-order valence-corrected chi connectivity index (χ4v) is 4.45. The molecule has 0 atom stereocenters. The molecule has 158 valence electrons. The number of benzene rings is 1. The van der Waals surface area contributed by atoms with Crippen LogP contribution in [-0.2, 0) is 17.9 Å². The predicted octanol–water partition coefficient (Wildman–Crippen LogP) is 4.39. The Labute approximate surface area is 185 Å². The van der Waals surface area contributed by atoms with Crippen LogP contribution in [0.15, 0.2) is 66.3 Å². The molecule has 0 spiro atoms. The second kappa shape index (κ2) is 9.14. The highest BCUT2D eigenvalue weighted by Crippen LogP contribution is 2.26. The van der Waals surface area contributed by atoms with Crippen LogP contribution in [0.1, 0.15) is 28.5 Å². The minimum atomic E-state index is -0.202. The molecule has 4 rings (SSSR count). The molecule has 31 heavy (non-hydrogen) atoms. The fraction of sp³-hybridized carbons (Fsp3) is 0.208. The van der Waals surface area contributed by atoms with Crippen LogP contribution in [0, 0.1) is 6.92 Å². The minimum absolute atomic E-state index is 0.0556. The van der Waals surface area contributed by atoms with Gasteiger partial charge in [-0.05, 0) is 66.8 Å². The van der Waals surface area contributed by atoms with Crippen molar-refractivity contribution in [2.24, 2.45) is 0 Å². The highest BCUT2D eigenvalue weighted by Gasteiger charge is 2.21. The first-order chi connectivity index (χ1) is 15.1. The van der Waals surface area contributed by atoms with Crippen LogP contribution in [0.2, 0.25) is 0 Å². The molecule has 0 aliphatic rings. The fourth-order valence-electron chi connectivity index (χ4n) is 3.63. The standard InChI is InChI=1S/C24H24N4O2S/c1-3-27(19-6-4-5-17(2)13-19)23(29)16-28-20-9-12-31-22(20)14-21(28)24(30)26-15-18-7-10-25-11-8-18/h4-14H,3,15-16H2,1-2H3,(H,26,30). The summed E-state index contributed by atoms with van der Waals surface area (Å²) >= 11 is 1.56. The van der Waals surface area contributed by atoms with Gasteiger partial charge in [0.05, 0.1) is 10.2 Å². The van der Waals surface area contributed by atoms with Gasteiger partial charge in [-0.2, -0.15) is 0 Å². The summed E-state index contributed by atoms with van der Waals surface area (Å²) in [6, 6.07) is 15.4. The highest BCUT2D eigenvalue weighted by atomic mass is 32.1. The van der Waals surface area contributed by atoms with Crippen LogP contribution in [-0.4, -0.2) is 27.9 Å². The Morgan fingerprint density at radius 1 is 1.13 bits per heavy atom. The van der Waals surface area contributed by atoms with Crippen molar-refractivity contribution in [3.63, 3.8) is 0 Å². The minimum Gasteiger partial charge on any atom is -0.347 e. The van der Waals surface area contributed by atoms with Crippen molar-refractivity contribution in [3.05, 3.63) is 83.1 Å². The van der Waals surface area contributed by atoms with E-state index in [1.54, 1.807) is 28.6 Å². The van der Waals surface area contributed by atoms with E-state index in [2.05, 4.69) is 10.3 Å². The maximum Gasteiger partial charge on any atom is 0.268 e. The molecule has 0 aliphatic carbocycles. The van der Waals surface area contributed by atoms with E-state index in [4.69, 9.17) is 0 Å². The summed E-state index contributed by atoms with van der Waals surface area (Å²) in [5, 5.41) is 4.93. The van der Waals surface area contributed by atoms with Crippen LogP contribution in [0.3, 0.4) is 0 Å². The number of aryl methyl sites for hydroxylation is 1. The van der Waals surface area contributed by atoms with Crippen molar-refractivity contribution in [2.75, 3.05) is 11.4 Å². The number of rotatable bonds is 7. The number of fused-ring (bicyclic) bond motifs is 1. The number of hydrogen-bond donors (Lipinski definition) is 1. The molecule has 0 bridgehead atoms. The van der Waals surface area contributed by atoms with Crippen molar-refractivity contribution >= 4 is 39.1 Å². The predicted molar refractivity (Wildman–Crippen MR) is 124 cm³/mol. The number of thiophene rings is 1. The zero-order valence-corrected chi connectivity index (χ0v) is 18.4. The Morgan fingerprint density at radius 2 is 1.94 bits per heavy atom. The Bertz CT molecular complexity index is 1210. The molecular formula is C24H24N4O2S. The molecular weight excluding hydrogens is 408 g/mol. The maximum absolute atomic E-state index is 13.2. The molecule has 0 aliphatic heterocycles. The van der Waals surface area contributed by atoms with Gasteiger partial charge in [-0.15, -0.1) is 11.3 Å². The Kier molecular flexibility index (Phi) is 6.13. The zero-order chi connectivity index (χ0) is 21.8. The number of nitrogens with zero attached hydrogens (tertiary/aromatic N) is 3. The van der Waals surface area contributed by atoms with E-state index < -0.39 is 0 Å². The molecule has 0 radical (unpaired) electrons. The lowest BCUT2D eigenvalue weighted by molar-refractivity contribution is -0.119. The van der Waals surface area contributed by atoms with Crippen LogP contribution >= 0.6 is 11.3 Å². The number of amides is 2. The summed E-state index contributed by atoms with van der Waals surface area (Å²) in [4.78, 5) is 32.0. The first-order valence-electron chi connectivity index (χ1n) is 10.2. The Hall–Kier alpha value is -3.45. The largest absolute Gasteiger partial charge is 0.347 e. The molecule has 3 heterocycles. The number of anilines is 1. The monoisotopic (exact) mass is 432 g/mol. The van der Waals surface area contributed by atoms with Crippen molar-refractivity contribution in [1.82, 2.24) is 14.9 Å². The van der Waals surface area contributed by atoms with Crippen LogP contribution in [0.4, 0.5) is 5.69 Å². The maximum atomic E-state index is 13.2. The summed E-state index contributed by atoms with van der Waals surface area (Å²) < 4.78 is 2.80. The van der Waals surface area contributed by atoms with E-state index >= 15 is 0 Å². The van der Waals surface area contributed by atoms with Gasteiger partial charge < -0.3 is 14.8 Å². The topological polar surface area (TPSA) is 67.2 Å². The van der Waals surface area contributed by atoms with Crippen LogP contribution < -0.4 is 10.2 Å². The van der Waals surface area contributed by atoms with E-state index in [0.29, 0.717) is 18.8 Å². The van der Waals surface area contributed by atoms with Gasteiger partial charge >= 0.3 is 0 Å². The summed E-state index contributed by atoms with van der Waals surface area (Å²) in [5.41, 5.74) is 4.32. The molecule has 0 unspecified atom stereocenters. The van der Waals surface area contributed by atoms with Gasteiger partial charge in [-0.3, -0.25) is 14.6 Å². The van der Waals surface area contributed by atoms with E-state index in [1.165, 1.54) is 0 Å². The number of nitrogens with one attached hydrogen (secondary N) is 1. The third kappa shape index (κ3) is 4.51. The molecule has 3 aromatic heterocycles. The third-order valence-corrected chi connectivity index (χ3v) is 6.03. The van der Waals surface area contributed by atoms with Gasteiger partial charge in [0.25, 0.3) is 5.91 Å².